The van der Waals surface area contributed by atoms with Crippen molar-refractivity contribution < 1.29 is 42.9 Å². The van der Waals surface area contributed by atoms with E-state index >= 15 is 0 Å². The van der Waals surface area contributed by atoms with Crippen molar-refractivity contribution in [2.45, 2.75) is 148 Å². The molecule has 0 bridgehead atoms. The lowest BCUT2D eigenvalue weighted by Gasteiger charge is -2.25. The van der Waals surface area contributed by atoms with Gasteiger partial charge in [0.15, 0.2) is 6.10 Å². The topological polar surface area (TPSA) is 128 Å². The van der Waals surface area contributed by atoms with Crippen LogP contribution in [0.5, 0.6) is 0 Å². The molecule has 0 aliphatic rings. The minimum absolute atomic E-state index is 0.0345. The minimum Gasteiger partial charge on any atom is -0.756 e. The fourth-order valence-corrected chi connectivity index (χ4v) is 5.64. The minimum atomic E-state index is -4.59. The van der Waals surface area contributed by atoms with Gasteiger partial charge in [0.1, 0.15) is 13.2 Å². The number of hydrogen-bond donors (Lipinski definition) is 1. The molecular formula is C42H72NO8P. The van der Waals surface area contributed by atoms with Gasteiger partial charge in [0.2, 0.25) is 0 Å². The molecule has 0 aromatic carbocycles. The highest BCUT2D eigenvalue weighted by Gasteiger charge is 2.21. The summed E-state index contributed by atoms with van der Waals surface area (Å²) in [7, 11) is -2.79. The number of likely N-dealkylation sites (N-methyl/N-ethyl adjacent to an activating group) is 1. The summed E-state index contributed by atoms with van der Waals surface area (Å²) >= 11 is 0. The molecule has 0 fully saturated rings. The predicted molar refractivity (Wildman–Crippen MR) is 212 cm³/mol. The van der Waals surface area contributed by atoms with E-state index < -0.39 is 32.5 Å². The molecule has 2 atom stereocenters. The highest BCUT2D eigenvalue weighted by Crippen LogP contribution is 2.38. The molecule has 0 amide bonds. The summed E-state index contributed by atoms with van der Waals surface area (Å²) in [6.07, 6.45) is 43.6. The van der Waals surface area contributed by atoms with Gasteiger partial charge in [-0.15, -0.1) is 0 Å². The SMILES string of the molecule is CC/C=C\C/C=C\C/C=C\CCCCCCCC(=O)OC[C@H](COP(=O)([O-])OCC[NH2+]C)OC(=O)CCCCCCC/C=C\C/C=C\C/C=C\CC. The number of esters is 2. The van der Waals surface area contributed by atoms with Crippen LogP contribution in [0.3, 0.4) is 0 Å². The largest absolute Gasteiger partial charge is 0.756 e. The second-order valence-electron chi connectivity index (χ2n) is 12.8. The van der Waals surface area contributed by atoms with Crippen molar-refractivity contribution >= 4 is 19.8 Å². The van der Waals surface area contributed by atoms with E-state index in [4.69, 9.17) is 18.5 Å². The number of unbranched alkanes of at least 4 members (excludes halogenated alkanes) is 10. The van der Waals surface area contributed by atoms with Crippen molar-refractivity contribution in [2.24, 2.45) is 0 Å². The van der Waals surface area contributed by atoms with Gasteiger partial charge in [-0.05, 0) is 77.0 Å². The number of quaternary nitrogens is 1. The molecule has 0 saturated carbocycles. The first-order valence-corrected chi connectivity index (χ1v) is 21.4. The quantitative estimate of drug-likeness (QED) is 0.0291. The van der Waals surface area contributed by atoms with Gasteiger partial charge in [0.05, 0.1) is 20.2 Å². The van der Waals surface area contributed by atoms with Crippen LogP contribution in [0.1, 0.15) is 142 Å². The van der Waals surface area contributed by atoms with Gasteiger partial charge in [-0.1, -0.05) is 125 Å². The standard InChI is InChI=1S/C42H72NO8P/c1-4-6-8-10-12-14-16-18-20-22-24-26-28-30-32-34-41(44)48-38-40(39-50-52(46,47)49-37-36-43-3)51-42(45)35-33-31-29-27-25-23-21-19-17-15-13-11-9-7-5-2/h6-9,12-15,18-21,40,43H,4-5,10-11,16-17,22-39H2,1-3H3,(H,46,47)/b8-6-,9-7-,14-12-,15-13-,20-18-,21-19-/t40-/m1/s1. The highest BCUT2D eigenvalue weighted by atomic mass is 31.2. The van der Waals surface area contributed by atoms with Crippen LogP contribution in [-0.4, -0.2) is 51.5 Å². The third kappa shape index (κ3) is 37.2. The monoisotopic (exact) mass is 749 g/mol. The molecule has 52 heavy (non-hydrogen) atoms. The maximum atomic E-state index is 12.6. The number of hydrogen-bond acceptors (Lipinski definition) is 8. The summed E-state index contributed by atoms with van der Waals surface area (Å²) in [5, 5.41) is 1.78. The average molecular weight is 750 g/mol. The van der Waals surface area contributed by atoms with Crippen LogP contribution < -0.4 is 10.2 Å². The Morgan fingerprint density at radius 3 is 1.54 bits per heavy atom. The smallest absolute Gasteiger partial charge is 0.306 e. The van der Waals surface area contributed by atoms with E-state index in [9.17, 15) is 19.0 Å². The maximum Gasteiger partial charge on any atom is 0.306 e. The Bertz CT molecular complexity index is 1080. The molecule has 0 spiro atoms. The van der Waals surface area contributed by atoms with Gasteiger partial charge in [-0.25, -0.2) is 0 Å². The van der Waals surface area contributed by atoms with Gasteiger partial charge in [-0.3, -0.25) is 14.2 Å². The zero-order valence-corrected chi connectivity index (χ0v) is 33.7. The van der Waals surface area contributed by atoms with Crippen LogP contribution in [0, 0.1) is 0 Å². The number of ether oxygens (including phenoxy) is 2. The molecule has 10 heteroatoms. The van der Waals surface area contributed by atoms with Crippen molar-refractivity contribution in [1.29, 1.82) is 0 Å². The third-order valence-electron chi connectivity index (χ3n) is 7.87. The van der Waals surface area contributed by atoms with E-state index in [1.165, 1.54) is 0 Å². The van der Waals surface area contributed by atoms with Gasteiger partial charge < -0.3 is 28.7 Å². The Balaban J connectivity index is 4.34. The van der Waals surface area contributed by atoms with E-state index in [2.05, 4.69) is 86.8 Å². The second kappa shape index (κ2) is 38.2. The number of allylic oxidation sites excluding steroid dienone is 12. The Kier molecular flexibility index (Phi) is 36.3. The van der Waals surface area contributed by atoms with Gasteiger partial charge in [0, 0.05) is 12.8 Å². The zero-order valence-electron chi connectivity index (χ0n) is 32.8. The van der Waals surface area contributed by atoms with Gasteiger partial charge in [0.25, 0.3) is 7.82 Å². The van der Waals surface area contributed by atoms with Crippen molar-refractivity contribution in [1.82, 2.24) is 0 Å². The van der Waals surface area contributed by atoms with Crippen LogP contribution in [0.2, 0.25) is 0 Å². The van der Waals surface area contributed by atoms with Crippen LogP contribution in [0.4, 0.5) is 0 Å². The molecule has 2 N–H and O–H groups in total. The lowest BCUT2D eigenvalue weighted by atomic mass is 10.1. The lowest BCUT2D eigenvalue weighted by molar-refractivity contribution is -0.627. The van der Waals surface area contributed by atoms with Gasteiger partial charge in [-0.2, -0.15) is 0 Å². The molecule has 0 radical (unpaired) electrons. The number of carbonyl (C=O) groups is 2. The third-order valence-corrected chi connectivity index (χ3v) is 8.83. The molecular weight excluding hydrogens is 677 g/mol. The van der Waals surface area contributed by atoms with Crippen molar-refractivity contribution in [3.63, 3.8) is 0 Å². The number of rotatable bonds is 36. The van der Waals surface area contributed by atoms with Crippen molar-refractivity contribution in [3.05, 3.63) is 72.9 Å². The van der Waals surface area contributed by atoms with Crippen LogP contribution in [0.15, 0.2) is 72.9 Å². The van der Waals surface area contributed by atoms with E-state index in [0.29, 0.717) is 19.4 Å². The first-order valence-electron chi connectivity index (χ1n) is 20.0. The molecule has 0 heterocycles. The number of phosphoric acid groups is 1. The number of carbonyl (C=O) groups excluding carboxylic acids is 2. The summed E-state index contributed by atoms with van der Waals surface area (Å²) in [5.74, 6) is -0.882. The van der Waals surface area contributed by atoms with E-state index in [1.54, 1.807) is 12.4 Å². The summed E-state index contributed by atoms with van der Waals surface area (Å²) < 4.78 is 32.8. The molecule has 0 aliphatic carbocycles. The van der Waals surface area contributed by atoms with Crippen LogP contribution >= 0.6 is 7.82 Å². The highest BCUT2D eigenvalue weighted by molar-refractivity contribution is 7.45. The molecule has 0 aromatic heterocycles. The van der Waals surface area contributed by atoms with Crippen molar-refractivity contribution in [2.75, 3.05) is 33.4 Å². The van der Waals surface area contributed by atoms with Crippen LogP contribution in [-0.2, 0) is 32.7 Å². The molecule has 298 valence electrons. The number of nitrogens with two attached hydrogens (primary N) is 1. The lowest BCUT2D eigenvalue weighted by Crippen LogP contribution is -2.80. The second-order valence-corrected chi connectivity index (χ2v) is 14.2. The molecule has 9 nitrogen and oxygen atoms in total. The molecule has 0 aromatic rings. The van der Waals surface area contributed by atoms with E-state index in [1.807, 2.05) is 0 Å². The van der Waals surface area contributed by atoms with Crippen molar-refractivity contribution in [3.8, 4) is 0 Å². The molecule has 1 unspecified atom stereocenters. The van der Waals surface area contributed by atoms with Gasteiger partial charge >= 0.3 is 11.9 Å². The van der Waals surface area contributed by atoms with E-state index in [-0.39, 0.29) is 26.1 Å². The zero-order chi connectivity index (χ0) is 38.2. The summed E-state index contributed by atoms with van der Waals surface area (Å²) in [6, 6.07) is 0. The van der Waals surface area contributed by atoms with Crippen LogP contribution in [0.25, 0.3) is 0 Å². The number of phosphoric ester groups is 1. The fourth-order valence-electron chi connectivity index (χ4n) is 4.89. The molecule has 0 saturated heterocycles. The normalized spacial score (nSPS) is 14.2. The summed E-state index contributed by atoms with van der Waals surface area (Å²) in [5.41, 5.74) is 0. The first kappa shape index (κ1) is 49.5. The Morgan fingerprint density at radius 1 is 0.596 bits per heavy atom. The average Bonchev–Trinajstić information content (AvgIpc) is 3.12. The summed E-state index contributed by atoms with van der Waals surface area (Å²) in [6.45, 7) is 3.93. The molecule has 0 aliphatic heterocycles. The summed E-state index contributed by atoms with van der Waals surface area (Å²) in [4.78, 5) is 37.1. The Labute approximate surface area is 316 Å². The predicted octanol–water partition coefficient (Wildman–Crippen LogP) is 9.32. The first-order chi connectivity index (χ1) is 25.3. The van der Waals surface area contributed by atoms with E-state index in [0.717, 1.165) is 103 Å². The maximum absolute atomic E-state index is 12.6. The molecule has 0 rings (SSSR count). The Morgan fingerprint density at radius 2 is 1.04 bits per heavy atom. The Hall–Kier alpha value is -2.55. The fraction of sp³-hybridized carbons (Fsp3) is 0.667.